The van der Waals surface area contributed by atoms with Gasteiger partial charge in [0.25, 0.3) is 0 Å². The van der Waals surface area contributed by atoms with Crippen LogP contribution in [0.1, 0.15) is 13.3 Å². The smallest absolute Gasteiger partial charge is 0.161 e. The summed E-state index contributed by atoms with van der Waals surface area (Å²) in [5.41, 5.74) is 0. The van der Waals surface area contributed by atoms with Crippen molar-refractivity contribution in [2.45, 2.75) is 13.3 Å². The molecule has 0 aliphatic heterocycles. The molecule has 0 heterocycles. The van der Waals surface area contributed by atoms with Gasteiger partial charge in [0.2, 0.25) is 0 Å². The number of hydrogen-bond acceptors (Lipinski definition) is 4. The highest BCUT2D eigenvalue weighted by Gasteiger charge is 2.12. The van der Waals surface area contributed by atoms with Gasteiger partial charge in [-0.1, -0.05) is 6.92 Å². The second kappa shape index (κ2) is 9.12. The summed E-state index contributed by atoms with van der Waals surface area (Å²) in [5, 5.41) is 0. The van der Waals surface area contributed by atoms with Crippen LogP contribution in [0.2, 0.25) is 0 Å². The Hall–Kier alpha value is -0.450. The maximum atomic E-state index is 11.4. The van der Waals surface area contributed by atoms with Crippen molar-refractivity contribution >= 4 is 5.78 Å². The van der Waals surface area contributed by atoms with Crippen LogP contribution in [0.4, 0.5) is 0 Å². The van der Waals surface area contributed by atoms with Gasteiger partial charge in [0.15, 0.2) is 5.78 Å². The fourth-order valence-electron chi connectivity index (χ4n) is 0.913. The molecule has 14 heavy (non-hydrogen) atoms. The standard InChI is InChI=1S/C10H20O4/c1-9(4-5-12-2)10(11)8-14-7-6-13-3/h9H,4-8H2,1-3H3. The third-order valence-electron chi connectivity index (χ3n) is 1.98. The van der Waals surface area contributed by atoms with E-state index in [1.165, 1.54) is 0 Å². The minimum atomic E-state index is 0.0116. The summed E-state index contributed by atoms with van der Waals surface area (Å²) in [6.07, 6.45) is 0.753. The zero-order valence-electron chi connectivity index (χ0n) is 9.25. The van der Waals surface area contributed by atoms with Crippen LogP contribution in [0.15, 0.2) is 0 Å². The molecular weight excluding hydrogens is 184 g/mol. The lowest BCUT2D eigenvalue weighted by atomic mass is 10.0. The maximum absolute atomic E-state index is 11.4. The second-order valence-electron chi connectivity index (χ2n) is 3.19. The number of ketones is 1. The molecule has 0 aliphatic carbocycles. The van der Waals surface area contributed by atoms with Crippen molar-refractivity contribution in [3.05, 3.63) is 0 Å². The van der Waals surface area contributed by atoms with Crippen molar-refractivity contribution < 1.29 is 19.0 Å². The molecule has 4 heteroatoms. The Bertz CT molecular complexity index is 147. The molecule has 0 aromatic heterocycles. The van der Waals surface area contributed by atoms with Gasteiger partial charge in [0.05, 0.1) is 13.2 Å². The lowest BCUT2D eigenvalue weighted by Gasteiger charge is -2.09. The van der Waals surface area contributed by atoms with E-state index < -0.39 is 0 Å². The number of hydrogen-bond donors (Lipinski definition) is 0. The minimum absolute atomic E-state index is 0.0116. The number of carbonyl (C=O) groups is 1. The molecule has 0 saturated carbocycles. The molecule has 84 valence electrons. The van der Waals surface area contributed by atoms with Gasteiger partial charge in [-0.3, -0.25) is 4.79 Å². The number of ether oxygens (including phenoxy) is 3. The molecule has 0 bridgehead atoms. The Morgan fingerprint density at radius 3 is 2.36 bits per heavy atom. The van der Waals surface area contributed by atoms with Gasteiger partial charge >= 0.3 is 0 Å². The molecule has 1 atom stereocenters. The van der Waals surface area contributed by atoms with Gasteiger partial charge in [0, 0.05) is 26.7 Å². The van der Waals surface area contributed by atoms with Crippen LogP contribution in [0.5, 0.6) is 0 Å². The van der Waals surface area contributed by atoms with E-state index in [4.69, 9.17) is 14.2 Å². The Morgan fingerprint density at radius 2 is 1.79 bits per heavy atom. The number of carbonyl (C=O) groups excluding carboxylic acids is 1. The van der Waals surface area contributed by atoms with Crippen molar-refractivity contribution in [2.75, 3.05) is 40.6 Å². The van der Waals surface area contributed by atoms with Crippen LogP contribution in [0, 0.1) is 5.92 Å². The number of rotatable bonds is 9. The summed E-state index contributed by atoms with van der Waals surface area (Å²) in [5.74, 6) is 0.135. The van der Waals surface area contributed by atoms with Crippen molar-refractivity contribution in [1.29, 1.82) is 0 Å². The molecule has 0 rings (SSSR count). The Balaban J connectivity index is 3.42. The van der Waals surface area contributed by atoms with Gasteiger partial charge in [0.1, 0.15) is 6.61 Å². The molecule has 0 saturated heterocycles. The zero-order chi connectivity index (χ0) is 10.8. The highest BCUT2D eigenvalue weighted by molar-refractivity contribution is 5.81. The molecular formula is C10H20O4. The molecule has 0 aromatic rings. The maximum Gasteiger partial charge on any atom is 0.161 e. The zero-order valence-corrected chi connectivity index (χ0v) is 9.25. The van der Waals surface area contributed by atoms with Crippen molar-refractivity contribution in [2.24, 2.45) is 5.92 Å². The number of Topliss-reactive ketones (excluding diaryl/α,β-unsaturated/α-hetero) is 1. The van der Waals surface area contributed by atoms with Gasteiger partial charge < -0.3 is 14.2 Å². The predicted octanol–water partition coefficient (Wildman–Crippen LogP) is 0.891. The third kappa shape index (κ3) is 7.00. The minimum Gasteiger partial charge on any atom is -0.385 e. The Morgan fingerprint density at radius 1 is 1.14 bits per heavy atom. The van der Waals surface area contributed by atoms with Gasteiger partial charge in [-0.15, -0.1) is 0 Å². The lowest BCUT2D eigenvalue weighted by Crippen LogP contribution is -2.19. The number of methoxy groups -OCH3 is 2. The first-order valence-corrected chi connectivity index (χ1v) is 4.80. The largest absolute Gasteiger partial charge is 0.385 e. The highest BCUT2D eigenvalue weighted by Crippen LogP contribution is 2.03. The van der Waals surface area contributed by atoms with Crippen LogP contribution in [-0.4, -0.2) is 46.4 Å². The third-order valence-corrected chi connectivity index (χ3v) is 1.98. The molecule has 0 aromatic carbocycles. The van der Waals surface area contributed by atoms with Crippen molar-refractivity contribution in [3.63, 3.8) is 0 Å². The Labute approximate surface area is 85.5 Å². The molecule has 4 nitrogen and oxygen atoms in total. The van der Waals surface area contributed by atoms with Gasteiger partial charge in [-0.25, -0.2) is 0 Å². The van der Waals surface area contributed by atoms with Crippen LogP contribution in [-0.2, 0) is 19.0 Å². The first-order chi connectivity index (χ1) is 6.72. The Kier molecular flexibility index (Phi) is 8.83. The van der Waals surface area contributed by atoms with E-state index in [0.29, 0.717) is 19.8 Å². The molecule has 0 aliphatic rings. The highest BCUT2D eigenvalue weighted by atomic mass is 16.5. The van der Waals surface area contributed by atoms with E-state index in [9.17, 15) is 4.79 Å². The van der Waals surface area contributed by atoms with Crippen LogP contribution >= 0.6 is 0 Å². The summed E-state index contributed by atoms with van der Waals surface area (Å²) in [4.78, 5) is 11.4. The first-order valence-electron chi connectivity index (χ1n) is 4.80. The van der Waals surface area contributed by atoms with Gasteiger partial charge in [-0.05, 0) is 6.42 Å². The lowest BCUT2D eigenvalue weighted by molar-refractivity contribution is -0.127. The molecule has 0 radical (unpaired) electrons. The fourth-order valence-corrected chi connectivity index (χ4v) is 0.913. The quantitative estimate of drug-likeness (QED) is 0.523. The van der Waals surface area contributed by atoms with E-state index in [2.05, 4.69) is 0 Å². The predicted molar refractivity (Wildman–Crippen MR) is 53.4 cm³/mol. The van der Waals surface area contributed by atoms with Gasteiger partial charge in [-0.2, -0.15) is 0 Å². The summed E-state index contributed by atoms with van der Waals surface area (Å²) in [6.45, 7) is 3.68. The van der Waals surface area contributed by atoms with Crippen LogP contribution < -0.4 is 0 Å². The topological polar surface area (TPSA) is 44.8 Å². The molecule has 1 unspecified atom stereocenters. The van der Waals surface area contributed by atoms with E-state index in [-0.39, 0.29) is 18.3 Å². The summed E-state index contributed by atoms with van der Waals surface area (Å²) in [7, 11) is 3.23. The average Bonchev–Trinajstić information content (AvgIpc) is 2.20. The molecule has 0 spiro atoms. The van der Waals surface area contributed by atoms with E-state index in [0.717, 1.165) is 6.42 Å². The van der Waals surface area contributed by atoms with Crippen LogP contribution in [0.3, 0.4) is 0 Å². The summed E-state index contributed by atoms with van der Waals surface area (Å²) >= 11 is 0. The average molecular weight is 204 g/mol. The van der Waals surface area contributed by atoms with E-state index in [1.54, 1.807) is 14.2 Å². The van der Waals surface area contributed by atoms with E-state index in [1.807, 2.05) is 6.92 Å². The monoisotopic (exact) mass is 204 g/mol. The van der Waals surface area contributed by atoms with Crippen molar-refractivity contribution in [1.82, 2.24) is 0 Å². The molecule has 0 amide bonds. The second-order valence-corrected chi connectivity index (χ2v) is 3.19. The SMILES string of the molecule is COCCOCC(=O)C(C)CCOC. The summed E-state index contributed by atoms with van der Waals surface area (Å²) in [6, 6.07) is 0. The fraction of sp³-hybridized carbons (Fsp3) is 0.900. The molecule has 0 N–H and O–H groups in total. The normalized spacial score (nSPS) is 12.8. The van der Waals surface area contributed by atoms with Crippen molar-refractivity contribution in [3.8, 4) is 0 Å². The molecule has 0 fully saturated rings. The first kappa shape index (κ1) is 13.5. The van der Waals surface area contributed by atoms with E-state index >= 15 is 0 Å². The summed E-state index contributed by atoms with van der Waals surface area (Å²) < 4.78 is 14.8. The van der Waals surface area contributed by atoms with Crippen LogP contribution in [0.25, 0.3) is 0 Å².